The fourth-order valence-corrected chi connectivity index (χ4v) is 2.21. The van der Waals surface area contributed by atoms with Gasteiger partial charge in [-0.05, 0) is 25.0 Å². The number of hydrogen-bond acceptors (Lipinski definition) is 2. The van der Waals surface area contributed by atoms with Gasteiger partial charge in [-0.15, -0.1) is 0 Å². The summed E-state index contributed by atoms with van der Waals surface area (Å²) in [4.78, 5) is 24.2. The van der Waals surface area contributed by atoms with Gasteiger partial charge in [0.1, 0.15) is 0 Å². The van der Waals surface area contributed by atoms with Crippen LogP contribution in [0.2, 0.25) is 0 Å². The highest BCUT2D eigenvalue weighted by Crippen LogP contribution is 2.12. The van der Waals surface area contributed by atoms with Crippen LogP contribution in [0.4, 0.5) is 5.69 Å². The van der Waals surface area contributed by atoms with Gasteiger partial charge in [-0.25, -0.2) is 0 Å². The molecule has 0 saturated heterocycles. The summed E-state index contributed by atoms with van der Waals surface area (Å²) in [6.07, 6.45) is 1.01. The molecule has 116 valence electrons. The summed E-state index contributed by atoms with van der Waals surface area (Å²) >= 11 is 0. The average molecular weight is 292 g/mol. The Labute approximate surface area is 126 Å². The topological polar surface area (TPSA) is 62.6 Å². The maximum absolute atomic E-state index is 12.1. The standard InChI is InChI=1S/C16H25N3O2/c1-4-10-19(11-9-17-14(3)20)12-16(21)18-15-8-6-5-7-13(15)2/h5-8H,4,9-12H2,1-3H3,(H,17,20)(H,18,21)/p+1. The number of para-hydroxylation sites is 1. The van der Waals surface area contributed by atoms with Gasteiger partial charge in [0.2, 0.25) is 5.91 Å². The molecular weight excluding hydrogens is 266 g/mol. The minimum Gasteiger partial charge on any atom is -0.351 e. The number of carbonyl (C=O) groups excluding carboxylic acids is 2. The summed E-state index contributed by atoms with van der Waals surface area (Å²) in [7, 11) is 0. The molecule has 21 heavy (non-hydrogen) atoms. The van der Waals surface area contributed by atoms with E-state index in [4.69, 9.17) is 0 Å². The fourth-order valence-electron chi connectivity index (χ4n) is 2.21. The van der Waals surface area contributed by atoms with E-state index in [2.05, 4.69) is 17.6 Å². The van der Waals surface area contributed by atoms with Gasteiger partial charge >= 0.3 is 0 Å². The third-order valence-corrected chi connectivity index (χ3v) is 3.29. The van der Waals surface area contributed by atoms with Crippen LogP contribution in [0.25, 0.3) is 0 Å². The molecule has 0 aliphatic heterocycles. The summed E-state index contributed by atoms with van der Waals surface area (Å²) in [6.45, 7) is 8.27. The van der Waals surface area contributed by atoms with Gasteiger partial charge in [-0.1, -0.05) is 25.1 Å². The molecule has 1 rings (SSSR count). The van der Waals surface area contributed by atoms with Crippen LogP contribution in [0.3, 0.4) is 0 Å². The molecule has 0 bridgehead atoms. The van der Waals surface area contributed by atoms with Crippen molar-refractivity contribution in [3.8, 4) is 0 Å². The summed E-state index contributed by atoms with van der Waals surface area (Å²) in [5.74, 6) is -0.0224. The van der Waals surface area contributed by atoms with Crippen LogP contribution in [0.1, 0.15) is 25.8 Å². The Hall–Kier alpha value is -1.88. The van der Waals surface area contributed by atoms with Crippen LogP contribution in [0.15, 0.2) is 24.3 Å². The van der Waals surface area contributed by atoms with Crippen molar-refractivity contribution in [2.75, 3.05) is 31.5 Å². The molecule has 5 heteroatoms. The predicted octanol–water partition coefficient (Wildman–Crippen LogP) is 0.365. The minimum absolute atomic E-state index is 0.00979. The molecule has 0 heterocycles. The number of nitrogens with one attached hydrogen (secondary N) is 3. The van der Waals surface area contributed by atoms with E-state index in [-0.39, 0.29) is 11.8 Å². The Kier molecular flexibility index (Phi) is 7.46. The second-order valence-corrected chi connectivity index (χ2v) is 5.27. The summed E-state index contributed by atoms with van der Waals surface area (Å²) < 4.78 is 0. The number of quaternary nitrogens is 1. The van der Waals surface area contributed by atoms with Crippen molar-refractivity contribution in [1.29, 1.82) is 0 Å². The van der Waals surface area contributed by atoms with Crippen molar-refractivity contribution < 1.29 is 14.5 Å². The van der Waals surface area contributed by atoms with Crippen LogP contribution in [-0.2, 0) is 9.59 Å². The first-order chi connectivity index (χ1) is 10.0. The number of rotatable bonds is 8. The quantitative estimate of drug-likeness (QED) is 0.648. The van der Waals surface area contributed by atoms with E-state index in [1.165, 1.54) is 11.8 Å². The summed E-state index contributed by atoms with van der Waals surface area (Å²) in [6, 6.07) is 7.75. The molecule has 0 fully saturated rings. The number of benzene rings is 1. The molecule has 3 N–H and O–H groups in total. The number of aryl methyl sites for hydroxylation is 1. The highest BCUT2D eigenvalue weighted by atomic mass is 16.2. The van der Waals surface area contributed by atoms with E-state index in [1.807, 2.05) is 31.2 Å². The van der Waals surface area contributed by atoms with E-state index >= 15 is 0 Å². The number of anilines is 1. The second-order valence-electron chi connectivity index (χ2n) is 5.27. The molecule has 5 nitrogen and oxygen atoms in total. The minimum atomic E-state index is -0.0322. The molecular formula is C16H26N3O2+. The first-order valence-electron chi connectivity index (χ1n) is 7.46. The van der Waals surface area contributed by atoms with Crippen molar-refractivity contribution >= 4 is 17.5 Å². The lowest BCUT2D eigenvalue weighted by atomic mass is 10.2. The van der Waals surface area contributed by atoms with Gasteiger partial charge in [-0.3, -0.25) is 9.59 Å². The normalized spacial score (nSPS) is 11.8. The predicted molar refractivity (Wildman–Crippen MR) is 84.3 cm³/mol. The van der Waals surface area contributed by atoms with E-state index in [0.29, 0.717) is 13.1 Å². The maximum atomic E-state index is 12.1. The van der Waals surface area contributed by atoms with Gasteiger partial charge in [0.25, 0.3) is 5.91 Å². The first-order valence-corrected chi connectivity index (χ1v) is 7.46. The lowest BCUT2D eigenvalue weighted by Gasteiger charge is -2.19. The largest absolute Gasteiger partial charge is 0.351 e. The molecule has 0 aliphatic carbocycles. The van der Waals surface area contributed by atoms with E-state index in [9.17, 15) is 9.59 Å². The SMILES string of the molecule is CCC[NH+](CCNC(C)=O)CC(=O)Nc1ccccc1C. The molecule has 0 aliphatic rings. The lowest BCUT2D eigenvalue weighted by molar-refractivity contribution is -0.890. The van der Waals surface area contributed by atoms with Gasteiger partial charge in [0, 0.05) is 12.6 Å². The number of hydrogen-bond donors (Lipinski definition) is 3. The van der Waals surface area contributed by atoms with Crippen LogP contribution in [0.5, 0.6) is 0 Å². The number of carbonyl (C=O) groups is 2. The van der Waals surface area contributed by atoms with Gasteiger partial charge in [0.05, 0.1) is 19.6 Å². The molecule has 0 aromatic heterocycles. The molecule has 0 radical (unpaired) electrons. The van der Waals surface area contributed by atoms with Crippen molar-refractivity contribution in [3.05, 3.63) is 29.8 Å². The second kappa shape index (κ2) is 9.13. The Bertz CT molecular complexity index is 474. The Morgan fingerprint density at radius 2 is 1.90 bits per heavy atom. The summed E-state index contributed by atoms with van der Waals surface area (Å²) in [5, 5.41) is 5.73. The zero-order valence-corrected chi connectivity index (χ0v) is 13.2. The zero-order chi connectivity index (χ0) is 15.7. The maximum Gasteiger partial charge on any atom is 0.279 e. The van der Waals surface area contributed by atoms with Crippen molar-refractivity contribution in [3.63, 3.8) is 0 Å². The van der Waals surface area contributed by atoms with Gasteiger partial charge in [-0.2, -0.15) is 0 Å². The highest BCUT2D eigenvalue weighted by Gasteiger charge is 2.14. The van der Waals surface area contributed by atoms with Crippen molar-refractivity contribution in [2.45, 2.75) is 27.2 Å². The van der Waals surface area contributed by atoms with Crippen LogP contribution >= 0.6 is 0 Å². The monoisotopic (exact) mass is 292 g/mol. The van der Waals surface area contributed by atoms with Crippen molar-refractivity contribution in [2.24, 2.45) is 0 Å². The van der Waals surface area contributed by atoms with E-state index in [0.717, 1.165) is 30.8 Å². The molecule has 1 aromatic carbocycles. The van der Waals surface area contributed by atoms with Crippen LogP contribution in [-0.4, -0.2) is 38.0 Å². The Morgan fingerprint density at radius 3 is 2.52 bits per heavy atom. The van der Waals surface area contributed by atoms with Gasteiger partial charge in [0.15, 0.2) is 6.54 Å². The highest BCUT2D eigenvalue weighted by molar-refractivity contribution is 5.92. The van der Waals surface area contributed by atoms with Crippen molar-refractivity contribution in [1.82, 2.24) is 5.32 Å². The summed E-state index contributed by atoms with van der Waals surface area (Å²) in [5.41, 5.74) is 1.92. The third kappa shape index (κ3) is 6.90. The Balaban J connectivity index is 2.48. The first kappa shape index (κ1) is 17.2. The zero-order valence-electron chi connectivity index (χ0n) is 13.2. The molecule has 0 saturated carbocycles. The smallest absolute Gasteiger partial charge is 0.279 e. The lowest BCUT2D eigenvalue weighted by Crippen LogP contribution is -3.13. The molecule has 1 aromatic rings. The van der Waals surface area contributed by atoms with Crippen LogP contribution < -0.4 is 15.5 Å². The fraction of sp³-hybridized carbons (Fsp3) is 0.500. The van der Waals surface area contributed by atoms with E-state index < -0.39 is 0 Å². The van der Waals surface area contributed by atoms with E-state index in [1.54, 1.807) is 0 Å². The Morgan fingerprint density at radius 1 is 1.19 bits per heavy atom. The molecule has 0 spiro atoms. The number of amides is 2. The third-order valence-electron chi connectivity index (χ3n) is 3.29. The average Bonchev–Trinajstić information content (AvgIpc) is 2.41. The molecule has 2 amide bonds. The van der Waals surface area contributed by atoms with Gasteiger partial charge < -0.3 is 15.5 Å². The molecule has 1 unspecified atom stereocenters. The van der Waals surface area contributed by atoms with Crippen LogP contribution in [0, 0.1) is 6.92 Å². The molecule has 1 atom stereocenters.